The van der Waals surface area contributed by atoms with Crippen molar-refractivity contribution in [3.63, 3.8) is 0 Å². The van der Waals surface area contributed by atoms with Gasteiger partial charge in [0.1, 0.15) is 0 Å². The van der Waals surface area contributed by atoms with Gasteiger partial charge in [-0.15, -0.1) is 24.0 Å². The molecule has 0 amide bonds. The molecule has 6 heteroatoms. The quantitative estimate of drug-likeness (QED) is 0.357. The summed E-state index contributed by atoms with van der Waals surface area (Å²) in [6, 6.07) is 0.616. The minimum atomic E-state index is 0. The lowest BCUT2D eigenvalue weighted by atomic mass is 10.2. The molecule has 0 spiro atoms. The summed E-state index contributed by atoms with van der Waals surface area (Å²) in [6.07, 6.45) is 12.0. The summed E-state index contributed by atoms with van der Waals surface area (Å²) in [7, 11) is 1.83. The standard InChI is InChI=1S/C13H23N5.HI/c1-14-13(17-12-5-2-3-6-12)16-7-4-9-18-10-8-15-11-18;/h8,10-12H,2-7,9H2,1H3,(H2,14,16,17);1H. The molecule has 1 aromatic rings. The average molecular weight is 377 g/mol. The van der Waals surface area contributed by atoms with Crippen LogP contribution in [0.25, 0.3) is 0 Å². The monoisotopic (exact) mass is 377 g/mol. The largest absolute Gasteiger partial charge is 0.356 e. The number of halogens is 1. The van der Waals surface area contributed by atoms with Crippen LogP contribution in [0.3, 0.4) is 0 Å². The van der Waals surface area contributed by atoms with E-state index in [9.17, 15) is 0 Å². The predicted molar refractivity (Wildman–Crippen MR) is 89.0 cm³/mol. The Morgan fingerprint density at radius 1 is 1.42 bits per heavy atom. The number of aromatic nitrogens is 2. The summed E-state index contributed by atoms with van der Waals surface area (Å²) >= 11 is 0. The molecule has 1 saturated carbocycles. The molecule has 1 aromatic heterocycles. The average Bonchev–Trinajstić information content (AvgIpc) is 3.06. The van der Waals surface area contributed by atoms with Crippen LogP contribution in [0.1, 0.15) is 32.1 Å². The van der Waals surface area contributed by atoms with E-state index in [2.05, 4.69) is 25.2 Å². The molecule has 0 unspecified atom stereocenters. The zero-order chi connectivity index (χ0) is 12.6. The van der Waals surface area contributed by atoms with Crippen molar-refractivity contribution < 1.29 is 0 Å². The van der Waals surface area contributed by atoms with Crippen molar-refractivity contribution >= 4 is 29.9 Å². The zero-order valence-electron chi connectivity index (χ0n) is 11.5. The number of rotatable bonds is 5. The van der Waals surface area contributed by atoms with Gasteiger partial charge in [-0.25, -0.2) is 4.98 Å². The van der Waals surface area contributed by atoms with Gasteiger partial charge < -0.3 is 15.2 Å². The van der Waals surface area contributed by atoms with E-state index >= 15 is 0 Å². The molecule has 0 bridgehead atoms. The maximum atomic E-state index is 4.26. The number of nitrogens with zero attached hydrogens (tertiary/aromatic N) is 3. The summed E-state index contributed by atoms with van der Waals surface area (Å²) in [5.41, 5.74) is 0. The second kappa shape index (κ2) is 9.17. The number of nitrogens with one attached hydrogen (secondary N) is 2. The Labute approximate surface area is 132 Å². The first-order valence-corrected chi connectivity index (χ1v) is 6.81. The van der Waals surface area contributed by atoms with Crippen LogP contribution in [0.5, 0.6) is 0 Å². The van der Waals surface area contributed by atoms with Crippen LogP contribution in [0.4, 0.5) is 0 Å². The lowest BCUT2D eigenvalue weighted by Crippen LogP contribution is -2.42. The van der Waals surface area contributed by atoms with E-state index in [-0.39, 0.29) is 24.0 Å². The fourth-order valence-electron chi connectivity index (χ4n) is 2.35. The maximum Gasteiger partial charge on any atom is 0.191 e. The number of hydrogen-bond acceptors (Lipinski definition) is 2. The fourth-order valence-corrected chi connectivity index (χ4v) is 2.35. The minimum absolute atomic E-state index is 0. The number of aryl methyl sites for hydroxylation is 1. The summed E-state index contributed by atoms with van der Waals surface area (Å²) in [4.78, 5) is 8.29. The topological polar surface area (TPSA) is 54.2 Å². The summed E-state index contributed by atoms with van der Waals surface area (Å²) in [5, 5.41) is 6.84. The smallest absolute Gasteiger partial charge is 0.191 e. The van der Waals surface area contributed by atoms with E-state index in [4.69, 9.17) is 0 Å². The summed E-state index contributed by atoms with van der Waals surface area (Å²) in [5.74, 6) is 0.938. The minimum Gasteiger partial charge on any atom is -0.356 e. The van der Waals surface area contributed by atoms with Crippen LogP contribution >= 0.6 is 24.0 Å². The third-order valence-corrected chi connectivity index (χ3v) is 3.36. The second-order valence-electron chi connectivity index (χ2n) is 4.78. The van der Waals surface area contributed by atoms with Gasteiger partial charge >= 0.3 is 0 Å². The fraction of sp³-hybridized carbons (Fsp3) is 0.692. The Hall–Kier alpha value is -0.790. The van der Waals surface area contributed by atoms with E-state index in [0.717, 1.165) is 25.5 Å². The lowest BCUT2D eigenvalue weighted by Gasteiger charge is -2.16. The molecular weight excluding hydrogens is 353 g/mol. The van der Waals surface area contributed by atoms with Gasteiger partial charge in [0.2, 0.25) is 0 Å². The van der Waals surface area contributed by atoms with E-state index in [1.165, 1.54) is 25.7 Å². The SMILES string of the molecule is CN=C(NCCCn1ccnc1)NC1CCCC1.I. The highest BCUT2D eigenvalue weighted by molar-refractivity contribution is 14.0. The van der Waals surface area contributed by atoms with E-state index < -0.39 is 0 Å². The second-order valence-corrected chi connectivity index (χ2v) is 4.78. The van der Waals surface area contributed by atoms with Crippen LogP contribution in [-0.2, 0) is 6.54 Å². The van der Waals surface area contributed by atoms with Crippen molar-refractivity contribution in [2.24, 2.45) is 4.99 Å². The number of aliphatic imine (C=N–C) groups is 1. The zero-order valence-corrected chi connectivity index (χ0v) is 13.8. The van der Waals surface area contributed by atoms with Crippen LogP contribution in [-0.4, -0.2) is 35.1 Å². The van der Waals surface area contributed by atoms with E-state index in [1.54, 1.807) is 0 Å². The molecule has 2 N–H and O–H groups in total. The molecule has 0 aliphatic heterocycles. The van der Waals surface area contributed by atoms with Gasteiger partial charge in [-0.1, -0.05) is 12.8 Å². The van der Waals surface area contributed by atoms with Crippen molar-refractivity contribution in [3.8, 4) is 0 Å². The third kappa shape index (κ3) is 5.80. The third-order valence-electron chi connectivity index (χ3n) is 3.36. The number of imidazole rings is 1. The number of guanidine groups is 1. The molecule has 0 saturated heterocycles. The Morgan fingerprint density at radius 3 is 2.84 bits per heavy atom. The first kappa shape index (κ1) is 16.3. The highest BCUT2D eigenvalue weighted by atomic mass is 127. The van der Waals surface area contributed by atoms with Gasteiger partial charge in [0.15, 0.2) is 5.96 Å². The molecule has 108 valence electrons. The van der Waals surface area contributed by atoms with Crippen LogP contribution in [0.15, 0.2) is 23.7 Å². The van der Waals surface area contributed by atoms with Gasteiger partial charge in [0, 0.05) is 38.6 Å². The molecule has 0 aromatic carbocycles. The molecule has 0 atom stereocenters. The van der Waals surface area contributed by atoms with Gasteiger partial charge in [-0.05, 0) is 19.3 Å². The molecule has 2 rings (SSSR count). The predicted octanol–water partition coefficient (Wildman–Crippen LogP) is 2.00. The Bertz CT molecular complexity index is 357. The molecule has 1 heterocycles. The molecule has 0 radical (unpaired) electrons. The van der Waals surface area contributed by atoms with Crippen molar-refractivity contribution in [2.75, 3.05) is 13.6 Å². The van der Waals surface area contributed by atoms with Crippen molar-refractivity contribution in [2.45, 2.75) is 44.7 Å². The Morgan fingerprint density at radius 2 is 2.21 bits per heavy atom. The Balaban J connectivity index is 0.00000180. The number of hydrogen-bond donors (Lipinski definition) is 2. The van der Waals surface area contributed by atoms with Gasteiger partial charge in [-0.3, -0.25) is 4.99 Å². The highest BCUT2D eigenvalue weighted by Gasteiger charge is 2.15. The van der Waals surface area contributed by atoms with Crippen LogP contribution in [0, 0.1) is 0 Å². The molecule has 1 fully saturated rings. The van der Waals surface area contributed by atoms with E-state index in [1.807, 2.05) is 25.8 Å². The molecular formula is C13H24IN5. The van der Waals surface area contributed by atoms with Crippen LogP contribution in [0.2, 0.25) is 0 Å². The van der Waals surface area contributed by atoms with Gasteiger partial charge in [0.25, 0.3) is 0 Å². The van der Waals surface area contributed by atoms with E-state index in [0.29, 0.717) is 6.04 Å². The van der Waals surface area contributed by atoms with Gasteiger partial charge in [-0.2, -0.15) is 0 Å². The van der Waals surface area contributed by atoms with Crippen LogP contribution < -0.4 is 10.6 Å². The molecule has 19 heavy (non-hydrogen) atoms. The van der Waals surface area contributed by atoms with Gasteiger partial charge in [0.05, 0.1) is 6.33 Å². The summed E-state index contributed by atoms with van der Waals surface area (Å²) < 4.78 is 2.09. The molecule has 1 aliphatic rings. The normalized spacial score (nSPS) is 16.2. The van der Waals surface area contributed by atoms with Crippen molar-refractivity contribution in [1.29, 1.82) is 0 Å². The van der Waals surface area contributed by atoms with Crippen molar-refractivity contribution in [3.05, 3.63) is 18.7 Å². The summed E-state index contributed by atoms with van der Waals surface area (Å²) in [6.45, 7) is 1.93. The highest BCUT2D eigenvalue weighted by Crippen LogP contribution is 2.17. The first-order valence-electron chi connectivity index (χ1n) is 6.81. The van der Waals surface area contributed by atoms with Crippen molar-refractivity contribution in [1.82, 2.24) is 20.2 Å². The maximum absolute atomic E-state index is 4.26. The first-order chi connectivity index (χ1) is 8.88. The lowest BCUT2D eigenvalue weighted by molar-refractivity contribution is 0.594. The molecule has 1 aliphatic carbocycles. The Kier molecular flexibility index (Phi) is 7.85. The molecule has 5 nitrogen and oxygen atoms in total.